The third kappa shape index (κ3) is 3.01. The molecule has 0 aromatic heterocycles. The van der Waals surface area contributed by atoms with Gasteiger partial charge in [0, 0.05) is 11.4 Å². The summed E-state index contributed by atoms with van der Waals surface area (Å²) in [6.45, 7) is 0. The zero-order chi connectivity index (χ0) is 12.1. The van der Waals surface area contributed by atoms with E-state index in [1.54, 1.807) is 6.07 Å². The highest BCUT2D eigenvalue weighted by molar-refractivity contribution is 6.17. The van der Waals surface area contributed by atoms with Crippen molar-refractivity contribution in [1.29, 1.82) is 0 Å². The molecule has 2 aromatic carbocycles. The molecule has 17 heavy (non-hydrogen) atoms. The zero-order valence-corrected chi connectivity index (χ0v) is 10.3. The zero-order valence-electron chi connectivity index (χ0n) is 9.57. The summed E-state index contributed by atoms with van der Waals surface area (Å²) in [6.07, 6.45) is 1.91. The van der Waals surface area contributed by atoms with E-state index in [4.69, 9.17) is 11.6 Å². The van der Waals surface area contributed by atoms with Gasteiger partial charge in [0.05, 0.1) is 0 Å². The molecular weight excluding hydrogens is 232 g/mol. The van der Waals surface area contributed by atoms with Crippen molar-refractivity contribution < 1.29 is 5.11 Å². The second kappa shape index (κ2) is 5.74. The number of rotatable bonds is 4. The summed E-state index contributed by atoms with van der Waals surface area (Å²) in [5.74, 6) is 0.993. The highest BCUT2D eigenvalue weighted by Gasteiger charge is 2.04. The Labute approximate surface area is 107 Å². The normalized spacial score (nSPS) is 10.4. The molecule has 2 rings (SSSR count). The standard InChI is InChI=1S/C15H15ClO/c16-10-4-5-12-8-9-15(17)14(11-12)13-6-2-1-3-7-13/h1-3,6-9,11,17H,4-5,10H2. The maximum absolute atomic E-state index is 9.89. The lowest BCUT2D eigenvalue weighted by atomic mass is 10.0. The van der Waals surface area contributed by atoms with Crippen molar-refractivity contribution in [3.8, 4) is 16.9 Å². The molecule has 0 unspecified atom stereocenters. The number of halogens is 1. The SMILES string of the molecule is Oc1ccc(CCCCl)cc1-c1ccccc1. The van der Waals surface area contributed by atoms with Gasteiger partial charge < -0.3 is 5.11 Å². The Hall–Kier alpha value is -1.47. The smallest absolute Gasteiger partial charge is 0.123 e. The molecule has 0 saturated heterocycles. The number of phenolic OH excluding ortho intramolecular Hbond substituents is 1. The van der Waals surface area contributed by atoms with Gasteiger partial charge >= 0.3 is 0 Å². The quantitative estimate of drug-likeness (QED) is 0.801. The number of hydrogen-bond donors (Lipinski definition) is 1. The van der Waals surface area contributed by atoms with Crippen LogP contribution in [0.15, 0.2) is 48.5 Å². The largest absolute Gasteiger partial charge is 0.507 e. The minimum atomic E-state index is 0.325. The van der Waals surface area contributed by atoms with E-state index in [1.807, 2.05) is 42.5 Å². The predicted octanol–water partition coefficient (Wildman–Crippen LogP) is 4.23. The Kier molecular flexibility index (Phi) is 4.05. The van der Waals surface area contributed by atoms with Gasteiger partial charge in [-0.1, -0.05) is 36.4 Å². The molecule has 0 heterocycles. The first-order valence-corrected chi connectivity index (χ1v) is 6.28. The van der Waals surface area contributed by atoms with Crippen LogP contribution in [0.5, 0.6) is 5.75 Å². The Morgan fingerprint density at radius 1 is 1.00 bits per heavy atom. The van der Waals surface area contributed by atoms with Crippen LogP contribution in [0.2, 0.25) is 0 Å². The van der Waals surface area contributed by atoms with Crippen LogP contribution >= 0.6 is 11.6 Å². The maximum atomic E-state index is 9.89. The molecule has 2 aromatic rings. The first-order chi connectivity index (χ1) is 8.31. The average Bonchev–Trinajstić information content (AvgIpc) is 2.39. The van der Waals surface area contributed by atoms with Gasteiger partial charge in [-0.25, -0.2) is 0 Å². The van der Waals surface area contributed by atoms with Crippen molar-refractivity contribution in [3.05, 3.63) is 54.1 Å². The molecule has 0 atom stereocenters. The molecule has 0 aliphatic heterocycles. The van der Waals surface area contributed by atoms with Gasteiger partial charge in [0.1, 0.15) is 5.75 Å². The lowest BCUT2D eigenvalue weighted by molar-refractivity contribution is 0.477. The molecule has 88 valence electrons. The summed E-state index contributed by atoms with van der Waals surface area (Å²) in [4.78, 5) is 0. The predicted molar refractivity (Wildman–Crippen MR) is 72.6 cm³/mol. The summed E-state index contributed by atoms with van der Waals surface area (Å²) in [5, 5.41) is 9.89. The highest BCUT2D eigenvalue weighted by Crippen LogP contribution is 2.30. The molecule has 0 saturated carbocycles. The molecule has 1 N–H and O–H groups in total. The van der Waals surface area contributed by atoms with Crippen LogP contribution in [0, 0.1) is 0 Å². The van der Waals surface area contributed by atoms with Crippen molar-refractivity contribution in [3.63, 3.8) is 0 Å². The molecule has 0 bridgehead atoms. The van der Waals surface area contributed by atoms with E-state index in [-0.39, 0.29) is 0 Å². The summed E-state index contributed by atoms with van der Waals surface area (Å²) < 4.78 is 0. The monoisotopic (exact) mass is 246 g/mol. The summed E-state index contributed by atoms with van der Waals surface area (Å²) >= 11 is 5.69. The minimum absolute atomic E-state index is 0.325. The fraction of sp³-hybridized carbons (Fsp3) is 0.200. The maximum Gasteiger partial charge on any atom is 0.123 e. The molecule has 0 radical (unpaired) electrons. The van der Waals surface area contributed by atoms with E-state index in [9.17, 15) is 5.11 Å². The van der Waals surface area contributed by atoms with E-state index in [2.05, 4.69) is 0 Å². The lowest BCUT2D eigenvalue weighted by Crippen LogP contribution is -1.88. The van der Waals surface area contributed by atoms with Gasteiger partial charge in [0.2, 0.25) is 0 Å². The van der Waals surface area contributed by atoms with E-state index in [1.165, 1.54) is 5.56 Å². The van der Waals surface area contributed by atoms with Crippen LogP contribution in [-0.4, -0.2) is 11.0 Å². The molecule has 0 spiro atoms. The average molecular weight is 247 g/mol. The summed E-state index contributed by atoms with van der Waals surface area (Å²) in [7, 11) is 0. The first-order valence-electron chi connectivity index (χ1n) is 5.74. The Morgan fingerprint density at radius 2 is 1.76 bits per heavy atom. The van der Waals surface area contributed by atoms with Crippen molar-refractivity contribution in [2.45, 2.75) is 12.8 Å². The molecule has 0 amide bonds. The Balaban J connectivity index is 2.33. The van der Waals surface area contributed by atoms with Gasteiger partial charge in [0.25, 0.3) is 0 Å². The number of hydrogen-bond acceptors (Lipinski definition) is 1. The highest BCUT2D eigenvalue weighted by atomic mass is 35.5. The summed E-state index contributed by atoms with van der Waals surface area (Å²) in [6, 6.07) is 15.7. The summed E-state index contributed by atoms with van der Waals surface area (Å²) in [5.41, 5.74) is 3.14. The van der Waals surface area contributed by atoms with Crippen LogP contribution in [0.1, 0.15) is 12.0 Å². The molecule has 0 aliphatic carbocycles. The molecule has 1 nitrogen and oxygen atoms in total. The van der Waals surface area contributed by atoms with Crippen LogP contribution < -0.4 is 0 Å². The van der Waals surface area contributed by atoms with Crippen LogP contribution in [0.25, 0.3) is 11.1 Å². The number of aryl methyl sites for hydroxylation is 1. The fourth-order valence-corrected chi connectivity index (χ4v) is 1.99. The third-order valence-electron chi connectivity index (χ3n) is 2.74. The van der Waals surface area contributed by atoms with Crippen LogP contribution in [-0.2, 0) is 6.42 Å². The molecule has 0 fully saturated rings. The van der Waals surface area contributed by atoms with Crippen molar-refractivity contribution in [2.24, 2.45) is 0 Å². The van der Waals surface area contributed by atoms with Gasteiger partial charge in [0.15, 0.2) is 0 Å². The van der Waals surface area contributed by atoms with Gasteiger partial charge in [-0.3, -0.25) is 0 Å². The number of aromatic hydroxyl groups is 1. The van der Waals surface area contributed by atoms with E-state index < -0.39 is 0 Å². The number of alkyl halides is 1. The minimum Gasteiger partial charge on any atom is -0.507 e. The first kappa shape index (κ1) is 12.0. The van der Waals surface area contributed by atoms with E-state index >= 15 is 0 Å². The third-order valence-corrected chi connectivity index (χ3v) is 3.01. The van der Waals surface area contributed by atoms with Gasteiger partial charge in [-0.15, -0.1) is 11.6 Å². The van der Waals surface area contributed by atoms with Crippen molar-refractivity contribution in [2.75, 3.05) is 5.88 Å². The fourth-order valence-electron chi connectivity index (χ4n) is 1.86. The second-order valence-electron chi connectivity index (χ2n) is 4.01. The van der Waals surface area contributed by atoms with Crippen molar-refractivity contribution >= 4 is 11.6 Å². The Bertz CT molecular complexity index is 480. The molecule has 2 heteroatoms. The molecular formula is C15H15ClO. The number of benzene rings is 2. The van der Waals surface area contributed by atoms with Crippen LogP contribution in [0.4, 0.5) is 0 Å². The van der Waals surface area contributed by atoms with E-state index in [0.717, 1.165) is 24.0 Å². The van der Waals surface area contributed by atoms with Gasteiger partial charge in [-0.05, 0) is 36.1 Å². The van der Waals surface area contributed by atoms with Crippen molar-refractivity contribution in [1.82, 2.24) is 0 Å². The molecule has 0 aliphatic rings. The lowest BCUT2D eigenvalue weighted by Gasteiger charge is -2.07. The van der Waals surface area contributed by atoms with E-state index in [0.29, 0.717) is 11.6 Å². The number of phenols is 1. The topological polar surface area (TPSA) is 20.2 Å². The second-order valence-corrected chi connectivity index (χ2v) is 4.39. The Morgan fingerprint density at radius 3 is 2.47 bits per heavy atom. The van der Waals surface area contributed by atoms with Gasteiger partial charge in [-0.2, -0.15) is 0 Å². The van der Waals surface area contributed by atoms with Crippen LogP contribution in [0.3, 0.4) is 0 Å².